The zero-order chi connectivity index (χ0) is 13.5. The molecule has 4 unspecified atom stereocenters. The largest absolute Gasteiger partial charge is 0.394 e. The molecule has 1 aliphatic rings. The monoisotopic (exact) mass is 264 g/mol. The summed E-state index contributed by atoms with van der Waals surface area (Å²) < 4.78 is 21.7. The van der Waals surface area contributed by atoms with Crippen molar-refractivity contribution < 1.29 is 29.2 Å². The van der Waals surface area contributed by atoms with Crippen LogP contribution in [0.15, 0.2) is 0 Å². The Balaban J connectivity index is 2.68. The minimum absolute atomic E-state index is 0.384. The van der Waals surface area contributed by atoms with Gasteiger partial charge in [-0.25, -0.2) is 0 Å². The Hall–Kier alpha value is -0.240. The Morgan fingerprint density at radius 3 is 2.44 bits per heavy atom. The molecule has 0 saturated carbocycles. The molecule has 0 aromatic rings. The highest BCUT2D eigenvalue weighted by atomic mass is 16.7. The first kappa shape index (κ1) is 15.8. The fraction of sp³-hybridized carbons (Fsp3) is 1.00. The number of ether oxygens (including phenoxy) is 4. The molecule has 0 aromatic heterocycles. The van der Waals surface area contributed by atoms with Crippen molar-refractivity contribution in [2.45, 2.75) is 50.5 Å². The van der Waals surface area contributed by atoms with Gasteiger partial charge in [-0.1, -0.05) is 13.3 Å². The molecule has 1 rings (SSSR count). The quantitative estimate of drug-likeness (QED) is 0.597. The van der Waals surface area contributed by atoms with Crippen molar-refractivity contribution >= 4 is 0 Å². The van der Waals surface area contributed by atoms with Gasteiger partial charge in [-0.15, -0.1) is 0 Å². The Labute approximate surface area is 108 Å². The highest BCUT2D eigenvalue weighted by Gasteiger charge is 2.48. The standard InChI is InChI=1S/C12H24O6/c1-4-5-6-17-10-9(8(14)7-13)18-12(16-3)11(10)15-2/h8-14H,4-7H2,1-3H3/t8-,9?,10?,11?,12?/m0/s1. The number of unbranched alkanes of at least 4 members (excludes halogenated alkanes) is 1. The van der Waals surface area contributed by atoms with E-state index in [1.807, 2.05) is 0 Å². The number of hydrogen-bond donors (Lipinski definition) is 2. The number of aliphatic hydroxyl groups excluding tert-OH is 2. The predicted molar refractivity (Wildman–Crippen MR) is 64.2 cm³/mol. The van der Waals surface area contributed by atoms with Gasteiger partial charge in [0.25, 0.3) is 0 Å². The molecule has 2 N–H and O–H groups in total. The third kappa shape index (κ3) is 3.63. The van der Waals surface area contributed by atoms with Gasteiger partial charge in [0.1, 0.15) is 24.4 Å². The molecule has 6 nitrogen and oxygen atoms in total. The van der Waals surface area contributed by atoms with E-state index in [2.05, 4.69) is 6.92 Å². The van der Waals surface area contributed by atoms with Gasteiger partial charge < -0.3 is 29.2 Å². The summed E-state index contributed by atoms with van der Waals surface area (Å²) in [5.74, 6) is 0. The molecule has 0 amide bonds. The molecular weight excluding hydrogens is 240 g/mol. The Kier molecular flexibility index (Phi) is 7.06. The maximum Gasteiger partial charge on any atom is 0.186 e. The van der Waals surface area contributed by atoms with Crippen LogP contribution in [0.1, 0.15) is 19.8 Å². The van der Waals surface area contributed by atoms with Crippen LogP contribution in [-0.4, -0.2) is 68.4 Å². The fourth-order valence-corrected chi connectivity index (χ4v) is 2.05. The van der Waals surface area contributed by atoms with Gasteiger partial charge in [-0.05, 0) is 6.42 Å². The Morgan fingerprint density at radius 1 is 1.22 bits per heavy atom. The third-order valence-corrected chi connectivity index (χ3v) is 3.09. The molecule has 1 fully saturated rings. The second kappa shape index (κ2) is 8.04. The van der Waals surface area contributed by atoms with E-state index in [0.717, 1.165) is 12.8 Å². The number of methoxy groups -OCH3 is 2. The van der Waals surface area contributed by atoms with Crippen molar-refractivity contribution in [3.05, 3.63) is 0 Å². The van der Waals surface area contributed by atoms with Crippen LogP contribution in [0.2, 0.25) is 0 Å². The number of aliphatic hydroxyl groups is 2. The lowest BCUT2D eigenvalue weighted by Crippen LogP contribution is -2.43. The van der Waals surface area contributed by atoms with E-state index >= 15 is 0 Å². The summed E-state index contributed by atoms with van der Waals surface area (Å²) in [5, 5.41) is 18.8. The van der Waals surface area contributed by atoms with Gasteiger partial charge in [-0.3, -0.25) is 0 Å². The van der Waals surface area contributed by atoms with Crippen LogP contribution in [0.3, 0.4) is 0 Å². The highest BCUT2D eigenvalue weighted by Crippen LogP contribution is 2.28. The molecule has 6 heteroatoms. The first-order valence-electron chi connectivity index (χ1n) is 6.31. The predicted octanol–water partition coefficient (Wildman–Crippen LogP) is -0.0888. The number of rotatable bonds is 8. The normalized spacial score (nSPS) is 33.8. The van der Waals surface area contributed by atoms with Crippen LogP contribution in [0.4, 0.5) is 0 Å². The van der Waals surface area contributed by atoms with Crippen LogP contribution in [0.5, 0.6) is 0 Å². The van der Waals surface area contributed by atoms with E-state index in [9.17, 15) is 5.11 Å². The molecule has 0 aromatic carbocycles. The molecule has 1 saturated heterocycles. The van der Waals surface area contributed by atoms with Crippen LogP contribution in [-0.2, 0) is 18.9 Å². The van der Waals surface area contributed by atoms with Crippen molar-refractivity contribution in [3.8, 4) is 0 Å². The lowest BCUT2D eigenvalue weighted by atomic mass is 10.1. The zero-order valence-corrected chi connectivity index (χ0v) is 11.2. The minimum Gasteiger partial charge on any atom is -0.394 e. The van der Waals surface area contributed by atoms with Crippen molar-refractivity contribution in [2.75, 3.05) is 27.4 Å². The van der Waals surface area contributed by atoms with E-state index < -0.39 is 30.7 Å². The average molecular weight is 264 g/mol. The SMILES string of the molecule is CCCCOC1C(OC)C(OC)OC1[C@@H](O)CO. The van der Waals surface area contributed by atoms with Gasteiger partial charge in [-0.2, -0.15) is 0 Å². The molecule has 1 aliphatic heterocycles. The third-order valence-electron chi connectivity index (χ3n) is 3.09. The first-order chi connectivity index (χ1) is 8.69. The first-order valence-corrected chi connectivity index (χ1v) is 6.31. The van der Waals surface area contributed by atoms with Gasteiger partial charge in [0.2, 0.25) is 0 Å². The summed E-state index contributed by atoms with van der Waals surface area (Å²) >= 11 is 0. The van der Waals surface area contributed by atoms with Crippen LogP contribution >= 0.6 is 0 Å². The van der Waals surface area contributed by atoms with Gasteiger partial charge in [0.15, 0.2) is 6.29 Å². The number of hydrogen-bond acceptors (Lipinski definition) is 6. The topological polar surface area (TPSA) is 77.4 Å². The summed E-state index contributed by atoms with van der Waals surface area (Å²) in [5.41, 5.74) is 0. The van der Waals surface area contributed by atoms with Gasteiger partial charge in [0.05, 0.1) is 6.61 Å². The molecular formula is C12H24O6. The summed E-state index contributed by atoms with van der Waals surface area (Å²) in [7, 11) is 3.05. The summed E-state index contributed by atoms with van der Waals surface area (Å²) in [6.45, 7) is 2.25. The van der Waals surface area contributed by atoms with E-state index in [1.54, 1.807) is 7.11 Å². The average Bonchev–Trinajstić information content (AvgIpc) is 2.76. The molecule has 0 bridgehead atoms. The fourth-order valence-electron chi connectivity index (χ4n) is 2.05. The Morgan fingerprint density at radius 2 is 1.94 bits per heavy atom. The molecule has 0 spiro atoms. The highest BCUT2D eigenvalue weighted by molar-refractivity contribution is 4.92. The van der Waals surface area contributed by atoms with E-state index in [4.69, 9.17) is 24.1 Å². The minimum atomic E-state index is -1.01. The second-order valence-corrected chi connectivity index (χ2v) is 4.34. The Bertz CT molecular complexity index is 225. The van der Waals surface area contributed by atoms with Gasteiger partial charge in [0, 0.05) is 20.8 Å². The van der Waals surface area contributed by atoms with Gasteiger partial charge >= 0.3 is 0 Å². The van der Waals surface area contributed by atoms with Crippen molar-refractivity contribution in [2.24, 2.45) is 0 Å². The molecule has 0 radical (unpaired) electrons. The second-order valence-electron chi connectivity index (χ2n) is 4.34. The lowest BCUT2D eigenvalue weighted by Gasteiger charge is -2.24. The van der Waals surface area contributed by atoms with Crippen LogP contribution in [0.25, 0.3) is 0 Å². The van der Waals surface area contributed by atoms with E-state index in [-0.39, 0.29) is 6.61 Å². The van der Waals surface area contributed by atoms with Crippen molar-refractivity contribution in [1.82, 2.24) is 0 Å². The van der Waals surface area contributed by atoms with E-state index in [1.165, 1.54) is 7.11 Å². The lowest BCUT2D eigenvalue weighted by molar-refractivity contribution is -0.171. The molecule has 1 heterocycles. The van der Waals surface area contributed by atoms with Crippen LogP contribution < -0.4 is 0 Å². The zero-order valence-electron chi connectivity index (χ0n) is 11.2. The summed E-state index contributed by atoms with van der Waals surface area (Å²) in [4.78, 5) is 0. The summed E-state index contributed by atoms with van der Waals surface area (Å²) in [6, 6.07) is 0. The van der Waals surface area contributed by atoms with Crippen LogP contribution in [0, 0.1) is 0 Å². The molecule has 5 atom stereocenters. The van der Waals surface area contributed by atoms with Crippen molar-refractivity contribution in [1.29, 1.82) is 0 Å². The molecule has 0 aliphatic carbocycles. The molecule has 108 valence electrons. The molecule has 18 heavy (non-hydrogen) atoms. The summed E-state index contributed by atoms with van der Waals surface area (Å²) in [6.07, 6.45) is -1.13. The van der Waals surface area contributed by atoms with Crippen molar-refractivity contribution in [3.63, 3.8) is 0 Å². The maximum absolute atomic E-state index is 9.75. The smallest absolute Gasteiger partial charge is 0.186 e. The maximum atomic E-state index is 9.75. The van der Waals surface area contributed by atoms with E-state index in [0.29, 0.717) is 6.61 Å².